The van der Waals surface area contributed by atoms with Crippen LogP contribution < -0.4 is 10.5 Å². The Bertz CT molecular complexity index is 734. The van der Waals surface area contributed by atoms with Gasteiger partial charge in [0.1, 0.15) is 5.75 Å². The van der Waals surface area contributed by atoms with Gasteiger partial charge < -0.3 is 10.5 Å². The number of thiophene rings is 2. The molecule has 1 atom stereocenters. The highest BCUT2D eigenvalue weighted by molar-refractivity contribution is 9.10. The molecule has 0 aliphatic heterocycles. The van der Waals surface area contributed by atoms with Gasteiger partial charge in [0.25, 0.3) is 0 Å². The first-order valence-electron chi connectivity index (χ1n) is 6.16. The first-order chi connectivity index (χ1) is 9.60. The van der Waals surface area contributed by atoms with Gasteiger partial charge in [-0.05, 0) is 42.1 Å². The molecule has 0 bridgehead atoms. The molecule has 0 radical (unpaired) electrons. The Morgan fingerprint density at radius 1 is 1.25 bits per heavy atom. The van der Waals surface area contributed by atoms with Crippen molar-refractivity contribution in [2.75, 3.05) is 7.11 Å². The molecule has 0 saturated heterocycles. The Hall–Kier alpha value is -0.880. The summed E-state index contributed by atoms with van der Waals surface area (Å²) in [5.41, 5.74) is 8.61. The second-order valence-corrected chi connectivity index (χ2v) is 7.54. The molecule has 2 aromatic heterocycles. The van der Waals surface area contributed by atoms with Gasteiger partial charge in [-0.15, -0.1) is 22.7 Å². The molecule has 104 valence electrons. The third kappa shape index (κ3) is 2.39. The Morgan fingerprint density at radius 3 is 2.75 bits per heavy atom. The molecule has 20 heavy (non-hydrogen) atoms. The first-order valence-corrected chi connectivity index (χ1v) is 8.65. The fourth-order valence-electron chi connectivity index (χ4n) is 2.18. The third-order valence-electron chi connectivity index (χ3n) is 3.31. The fraction of sp³-hybridized carbons (Fsp3) is 0.200. The van der Waals surface area contributed by atoms with Crippen molar-refractivity contribution in [2.24, 2.45) is 5.73 Å². The second-order valence-electron chi connectivity index (χ2n) is 4.62. The number of methoxy groups -OCH3 is 1. The van der Waals surface area contributed by atoms with E-state index in [9.17, 15) is 0 Å². The minimum absolute atomic E-state index is 0.161. The van der Waals surface area contributed by atoms with Crippen LogP contribution in [0.5, 0.6) is 5.75 Å². The lowest BCUT2D eigenvalue weighted by atomic mass is 10.0. The van der Waals surface area contributed by atoms with Crippen LogP contribution in [0.4, 0.5) is 0 Å². The molecule has 1 unspecified atom stereocenters. The van der Waals surface area contributed by atoms with Crippen LogP contribution in [0.15, 0.2) is 34.1 Å². The Morgan fingerprint density at radius 2 is 2.05 bits per heavy atom. The summed E-state index contributed by atoms with van der Waals surface area (Å²) in [6.45, 7) is 2.04. The zero-order chi connectivity index (χ0) is 14.3. The lowest BCUT2D eigenvalue weighted by molar-refractivity contribution is 0.407. The predicted molar refractivity (Wildman–Crippen MR) is 91.2 cm³/mol. The highest BCUT2D eigenvalue weighted by Crippen LogP contribution is 2.38. The Kier molecular flexibility index (Phi) is 3.86. The van der Waals surface area contributed by atoms with Crippen LogP contribution in [-0.4, -0.2) is 7.11 Å². The molecule has 1 aromatic carbocycles. The highest BCUT2D eigenvalue weighted by atomic mass is 79.9. The molecular weight excluding hydrogens is 354 g/mol. The summed E-state index contributed by atoms with van der Waals surface area (Å²) < 4.78 is 9.14. The smallest absolute Gasteiger partial charge is 0.124 e. The zero-order valence-corrected chi connectivity index (χ0v) is 14.4. The van der Waals surface area contributed by atoms with Gasteiger partial charge in [0.05, 0.1) is 13.2 Å². The molecular formula is C15H14BrNOS2. The van der Waals surface area contributed by atoms with Crippen LogP contribution in [0.3, 0.4) is 0 Å². The molecule has 2 N–H and O–H groups in total. The number of benzene rings is 1. The maximum atomic E-state index is 6.45. The van der Waals surface area contributed by atoms with Crippen LogP contribution in [0.2, 0.25) is 0 Å². The Balaban J connectivity index is 2.07. The van der Waals surface area contributed by atoms with Crippen molar-refractivity contribution in [1.82, 2.24) is 0 Å². The number of halogens is 1. The zero-order valence-electron chi connectivity index (χ0n) is 11.1. The molecule has 0 saturated carbocycles. The van der Waals surface area contributed by atoms with E-state index in [0.29, 0.717) is 0 Å². The standard InChI is InChI=1S/C15H14BrNOS2/c1-8-5-11(18-2)9(6-10(8)16)15(17)14-7-13-12(20-14)3-4-19-13/h3-7,15H,17H2,1-2H3. The van der Waals surface area contributed by atoms with E-state index in [-0.39, 0.29) is 6.04 Å². The number of ether oxygens (including phenoxy) is 1. The van der Waals surface area contributed by atoms with E-state index in [1.165, 1.54) is 14.3 Å². The van der Waals surface area contributed by atoms with Gasteiger partial charge in [-0.25, -0.2) is 0 Å². The van der Waals surface area contributed by atoms with Crippen molar-refractivity contribution in [3.63, 3.8) is 0 Å². The quantitative estimate of drug-likeness (QED) is 0.699. The lowest BCUT2D eigenvalue weighted by Gasteiger charge is -2.16. The summed E-state index contributed by atoms with van der Waals surface area (Å²) in [5.74, 6) is 0.843. The molecule has 0 fully saturated rings. The van der Waals surface area contributed by atoms with Crippen molar-refractivity contribution >= 4 is 48.0 Å². The number of rotatable bonds is 3. The molecule has 2 nitrogen and oxygen atoms in total. The number of fused-ring (bicyclic) bond motifs is 1. The average molecular weight is 368 g/mol. The number of hydrogen-bond acceptors (Lipinski definition) is 4. The van der Waals surface area contributed by atoms with Crippen LogP contribution in [0.25, 0.3) is 9.40 Å². The topological polar surface area (TPSA) is 35.2 Å². The van der Waals surface area contributed by atoms with Crippen LogP contribution in [0.1, 0.15) is 22.0 Å². The van der Waals surface area contributed by atoms with E-state index >= 15 is 0 Å². The third-order valence-corrected chi connectivity index (χ3v) is 6.34. The van der Waals surface area contributed by atoms with E-state index in [0.717, 1.165) is 21.3 Å². The summed E-state index contributed by atoms with van der Waals surface area (Å²) >= 11 is 7.07. The van der Waals surface area contributed by atoms with Gasteiger partial charge in [0.2, 0.25) is 0 Å². The molecule has 3 rings (SSSR count). The van der Waals surface area contributed by atoms with E-state index in [1.807, 2.05) is 13.0 Å². The summed E-state index contributed by atoms with van der Waals surface area (Å²) in [6.07, 6.45) is 0. The monoisotopic (exact) mass is 367 g/mol. The molecule has 2 heterocycles. The minimum Gasteiger partial charge on any atom is -0.496 e. The van der Waals surface area contributed by atoms with Gasteiger partial charge in [0.15, 0.2) is 0 Å². The van der Waals surface area contributed by atoms with Crippen molar-refractivity contribution in [3.05, 3.63) is 50.1 Å². The summed E-state index contributed by atoms with van der Waals surface area (Å²) in [7, 11) is 1.69. The highest BCUT2D eigenvalue weighted by Gasteiger charge is 2.18. The second kappa shape index (κ2) is 5.48. The largest absolute Gasteiger partial charge is 0.496 e. The van der Waals surface area contributed by atoms with Gasteiger partial charge in [-0.1, -0.05) is 15.9 Å². The van der Waals surface area contributed by atoms with Crippen molar-refractivity contribution in [3.8, 4) is 5.75 Å². The minimum atomic E-state index is -0.161. The van der Waals surface area contributed by atoms with E-state index in [2.05, 4.69) is 39.5 Å². The number of aryl methyl sites for hydroxylation is 1. The Labute approximate surface area is 134 Å². The molecule has 0 aliphatic carbocycles. The van der Waals surface area contributed by atoms with Gasteiger partial charge in [-0.3, -0.25) is 0 Å². The number of nitrogens with two attached hydrogens (primary N) is 1. The van der Waals surface area contributed by atoms with Gasteiger partial charge in [0, 0.05) is 24.3 Å². The van der Waals surface area contributed by atoms with E-state index in [4.69, 9.17) is 10.5 Å². The average Bonchev–Trinajstić information content (AvgIpc) is 3.01. The van der Waals surface area contributed by atoms with Crippen molar-refractivity contribution in [2.45, 2.75) is 13.0 Å². The molecule has 0 amide bonds. The van der Waals surface area contributed by atoms with Gasteiger partial charge in [-0.2, -0.15) is 0 Å². The molecule has 0 spiro atoms. The molecule has 5 heteroatoms. The fourth-order valence-corrected chi connectivity index (χ4v) is 4.68. The summed E-state index contributed by atoms with van der Waals surface area (Å²) in [4.78, 5) is 1.17. The van der Waals surface area contributed by atoms with Gasteiger partial charge >= 0.3 is 0 Å². The van der Waals surface area contributed by atoms with Crippen molar-refractivity contribution < 1.29 is 4.74 Å². The molecule has 3 aromatic rings. The van der Waals surface area contributed by atoms with E-state index in [1.54, 1.807) is 29.8 Å². The van der Waals surface area contributed by atoms with Crippen molar-refractivity contribution in [1.29, 1.82) is 0 Å². The lowest BCUT2D eigenvalue weighted by Crippen LogP contribution is -2.12. The molecule has 0 aliphatic rings. The van der Waals surface area contributed by atoms with Crippen LogP contribution >= 0.6 is 38.6 Å². The first kappa shape index (κ1) is 14.1. The van der Waals surface area contributed by atoms with Crippen LogP contribution in [-0.2, 0) is 0 Å². The maximum Gasteiger partial charge on any atom is 0.124 e. The maximum absolute atomic E-state index is 6.45. The summed E-state index contributed by atoms with van der Waals surface area (Å²) in [5, 5.41) is 2.11. The summed E-state index contributed by atoms with van der Waals surface area (Å²) in [6, 6.07) is 8.25. The normalized spacial score (nSPS) is 12.8. The number of hydrogen-bond donors (Lipinski definition) is 1. The predicted octanol–water partition coefficient (Wildman–Crippen LogP) is 5.09. The SMILES string of the molecule is COc1cc(C)c(Br)cc1C(N)c1cc2sccc2s1. The van der Waals surface area contributed by atoms with E-state index < -0.39 is 0 Å². The van der Waals surface area contributed by atoms with Crippen LogP contribution in [0, 0.1) is 6.92 Å².